The summed E-state index contributed by atoms with van der Waals surface area (Å²) in [6.07, 6.45) is 0.720. The molecule has 0 saturated heterocycles. The molecule has 0 spiro atoms. The lowest BCUT2D eigenvalue weighted by Gasteiger charge is -2.12. The first-order valence-corrected chi connectivity index (χ1v) is 12.1. The molecule has 5 rings (SSSR count). The smallest absolute Gasteiger partial charge is 0.196 e. The van der Waals surface area contributed by atoms with E-state index in [1.54, 1.807) is 11.8 Å². The first-order chi connectivity index (χ1) is 16.3. The van der Waals surface area contributed by atoms with Gasteiger partial charge in [-0.25, -0.2) is 0 Å². The first kappa shape index (κ1) is 21.3. The highest BCUT2D eigenvalue weighted by atomic mass is 32.2. The van der Waals surface area contributed by atoms with Gasteiger partial charge in [-0.05, 0) is 53.1 Å². The minimum absolute atomic E-state index is 0.651. The van der Waals surface area contributed by atoms with Crippen LogP contribution in [0.5, 0.6) is 5.75 Å². The van der Waals surface area contributed by atoms with Crippen molar-refractivity contribution in [3.8, 4) is 11.4 Å². The maximum atomic E-state index is 5.63. The van der Waals surface area contributed by atoms with Crippen molar-refractivity contribution in [3.05, 3.63) is 114 Å². The van der Waals surface area contributed by atoms with Crippen molar-refractivity contribution in [2.24, 2.45) is 0 Å². The summed E-state index contributed by atoms with van der Waals surface area (Å²) in [6, 6.07) is 33.6. The second kappa shape index (κ2) is 9.92. The standard InChI is InChI=1S/C28H25N3OS/c1-2-32-26-16-14-25(15-17-26)31-27(19-21-8-4-3-5-9-21)29-30-28(31)33-20-22-12-13-23-10-6-7-11-24(23)18-22/h3-18H,2,19-20H2,1H3. The SMILES string of the molecule is CCOc1ccc(-n2c(Cc3ccccc3)nnc2SCc2ccc3ccccc3c2)cc1. The molecule has 0 atom stereocenters. The minimum Gasteiger partial charge on any atom is -0.494 e. The Hall–Kier alpha value is -3.57. The number of ether oxygens (including phenoxy) is 1. The van der Waals surface area contributed by atoms with E-state index < -0.39 is 0 Å². The van der Waals surface area contributed by atoms with Crippen LogP contribution in [0.25, 0.3) is 16.5 Å². The fourth-order valence-corrected chi connectivity index (χ4v) is 4.79. The van der Waals surface area contributed by atoms with Crippen molar-refractivity contribution >= 4 is 22.5 Å². The summed E-state index contributed by atoms with van der Waals surface area (Å²) < 4.78 is 7.79. The van der Waals surface area contributed by atoms with Gasteiger partial charge in [0, 0.05) is 17.9 Å². The van der Waals surface area contributed by atoms with Crippen LogP contribution in [-0.4, -0.2) is 21.4 Å². The van der Waals surface area contributed by atoms with Crippen molar-refractivity contribution in [1.29, 1.82) is 0 Å². The van der Waals surface area contributed by atoms with Crippen LogP contribution in [0.4, 0.5) is 0 Å². The number of hydrogen-bond donors (Lipinski definition) is 0. The van der Waals surface area contributed by atoms with E-state index in [9.17, 15) is 0 Å². The molecule has 1 heterocycles. The van der Waals surface area contributed by atoms with Gasteiger partial charge in [0.2, 0.25) is 0 Å². The molecule has 0 unspecified atom stereocenters. The van der Waals surface area contributed by atoms with Gasteiger partial charge in [-0.15, -0.1) is 10.2 Å². The molecule has 33 heavy (non-hydrogen) atoms. The van der Waals surface area contributed by atoms with E-state index in [2.05, 4.69) is 93.6 Å². The monoisotopic (exact) mass is 451 g/mol. The zero-order chi connectivity index (χ0) is 22.5. The number of fused-ring (bicyclic) bond motifs is 1. The van der Waals surface area contributed by atoms with Crippen LogP contribution in [0, 0.1) is 0 Å². The zero-order valence-electron chi connectivity index (χ0n) is 18.5. The highest BCUT2D eigenvalue weighted by molar-refractivity contribution is 7.98. The second-order valence-electron chi connectivity index (χ2n) is 7.79. The Kier molecular flexibility index (Phi) is 6.40. The molecule has 0 N–H and O–H groups in total. The Labute approximate surface area is 198 Å². The van der Waals surface area contributed by atoms with Crippen molar-refractivity contribution in [2.45, 2.75) is 24.3 Å². The maximum absolute atomic E-state index is 5.63. The molecular formula is C28H25N3OS. The predicted molar refractivity (Wildman–Crippen MR) is 135 cm³/mol. The van der Waals surface area contributed by atoms with E-state index >= 15 is 0 Å². The average Bonchev–Trinajstić information content (AvgIpc) is 3.26. The highest BCUT2D eigenvalue weighted by Gasteiger charge is 2.15. The van der Waals surface area contributed by atoms with Gasteiger partial charge < -0.3 is 4.74 Å². The third-order valence-corrected chi connectivity index (χ3v) is 6.49. The van der Waals surface area contributed by atoms with Gasteiger partial charge in [-0.1, -0.05) is 84.6 Å². The van der Waals surface area contributed by atoms with Gasteiger partial charge in [0.25, 0.3) is 0 Å². The zero-order valence-corrected chi connectivity index (χ0v) is 19.3. The van der Waals surface area contributed by atoms with Crippen LogP contribution in [0.3, 0.4) is 0 Å². The Balaban J connectivity index is 1.45. The molecule has 0 radical (unpaired) electrons. The van der Waals surface area contributed by atoms with Crippen molar-refractivity contribution in [1.82, 2.24) is 14.8 Å². The number of aromatic nitrogens is 3. The lowest BCUT2D eigenvalue weighted by Crippen LogP contribution is -2.04. The van der Waals surface area contributed by atoms with E-state index in [4.69, 9.17) is 4.74 Å². The molecule has 4 nitrogen and oxygen atoms in total. The predicted octanol–water partition coefficient (Wildman–Crippen LogP) is 6.70. The molecule has 0 aliphatic rings. The van der Waals surface area contributed by atoms with Gasteiger partial charge in [0.15, 0.2) is 5.16 Å². The Morgan fingerprint density at radius 3 is 2.30 bits per heavy atom. The van der Waals surface area contributed by atoms with E-state index in [-0.39, 0.29) is 0 Å². The summed E-state index contributed by atoms with van der Waals surface area (Å²) in [6.45, 7) is 2.64. The van der Waals surface area contributed by atoms with Crippen LogP contribution in [-0.2, 0) is 12.2 Å². The number of rotatable bonds is 8. The maximum Gasteiger partial charge on any atom is 0.196 e. The van der Waals surface area contributed by atoms with Crippen LogP contribution >= 0.6 is 11.8 Å². The summed E-state index contributed by atoms with van der Waals surface area (Å²) >= 11 is 1.71. The van der Waals surface area contributed by atoms with Crippen molar-refractivity contribution in [3.63, 3.8) is 0 Å². The third-order valence-electron chi connectivity index (χ3n) is 5.49. The van der Waals surface area contributed by atoms with Gasteiger partial charge in [-0.3, -0.25) is 4.57 Å². The van der Waals surface area contributed by atoms with Crippen LogP contribution in [0.2, 0.25) is 0 Å². The number of nitrogens with zero attached hydrogens (tertiary/aromatic N) is 3. The Morgan fingerprint density at radius 1 is 0.758 bits per heavy atom. The molecule has 0 amide bonds. The topological polar surface area (TPSA) is 39.9 Å². The van der Waals surface area contributed by atoms with Gasteiger partial charge in [0.05, 0.1) is 6.61 Å². The van der Waals surface area contributed by atoms with Crippen LogP contribution in [0.1, 0.15) is 23.9 Å². The lowest BCUT2D eigenvalue weighted by atomic mass is 10.1. The van der Waals surface area contributed by atoms with E-state index in [0.29, 0.717) is 6.61 Å². The molecular weight excluding hydrogens is 426 g/mol. The fourth-order valence-electron chi connectivity index (χ4n) is 3.88. The summed E-state index contributed by atoms with van der Waals surface area (Å²) in [7, 11) is 0. The molecule has 0 fully saturated rings. The molecule has 0 bridgehead atoms. The summed E-state index contributed by atoms with van der Waals surface area (Å²) in [5, 5.41) is 12.5. The van der Waals surface area contributed by atoms with E-state index in [1.807, 2.05) is 25.1 Å². The van der Waals surface area contributed by atoms with Crippen molar-refractivity contribution < 1.29 is 4.74 Å². The molecule has 4 aromatic carbocycles. The van der Waals surface area contributed by atoms with Gasteiger partial charge in [0.1, 0.15) is 11.6 Å². The Morgan fingerprint density at radius 2 is 1.52 bits per heavy atom. The van der Waals surface area contributed by atoms with Crippen molar-refractivity contribution in [2.75, 3.05) is 6.61 Å². The molecule has 5 heteroatoms. The summed E-state index contributed by atoms with van der Waals surface area (Å²) in [4.78, 5) is 0. The molecule has 1 aromatic heterocycles. The molecule has 0 saturated carbocycles. The largest absolute Gasteiger partial charge is 0.494 e. The summed E-state index contributed by atoms with van der Waals surface area (Å²) in [5.74, 6) is 2.61. The minimum atomic E-state index is 0.651. The molecule has 0 aliphatic heterocycles. The molecule has 164 valence electrons. The number of thioether (sulfide) groups is 1. The average molecular weight is 452 g/mol. The molecule has 0 aliphatic carbocycles. The Bertz CT molecular complexity index is 1350. The number of hydrogen-bond acceptors (Lipinski definition) is 4. The van der Waals surface area contributed by atoms with E-state index in [0.717, 1.165) is 34.6 Å². The third kappa shape index (κ3) is 4.94. The molecule has 5 aromatic rings. The fraction of sp³-hybridized carbons (Fsp3) is 0.143. The lowest BCUT2D eigenvalue weighted by molar-refractivity contribution is 0.340. The van der Waals surface area contributed by atoms with Crippen LogP contribution in [0.15, 0.2) is 102 Å². The van der Waals surface area contributed by atoms with Gasteiger partial charge in [-0.2, -0.15) is 0 Å². The van der Waals surface area contributed by atoms with Gasteiger partial charge >= 0.3 is 0 Å². The first-order valence-electron chi connectivity index (χ1n) is 11.1. The number of benzene rings is 4. The normalized spacial score (nSPS) is 11.1. The second-order valence-corrected chi connectivity index (χ2v) is 8.74. The highest BCUT2D eigenvalue weighted by Crippen LogP contribution is 2.28. The van der Waals surface area contributed by atoms with Crippen LogP contribution < -0.4 is 4.74 Å². The quantitative estimate of drug-likeness (QED) is 0.246. The summed E-state index contributed by atoms with van der Waals surface area (Å²) in [5.41, 5.74) is 3.52. The van der Waals surface area contributed by atoms with E-state index in [1.165, 1.54) is 21.9 Å².